The van der Waals surface area contributed by atoms with Crippen LogP contribution < -0.4 is 27.0 Å². The number of carbonyl (C=O) groups excluding carboxylic acids is 4. The predicted octanol–water partition coefficient (Wildman–Crippen LogP) is 4.20. The topological polar surface area (TPSA) is 172 Å². The standard InChI is InChI=1S/C37H39N5O6/c38-36(46)39-20-8-15-32(34(44)40-26-18-16-25(22-43)17-19-26)41-35(45)33(21-24-9-2-1-3-10-24)42-37(47)48-23-31-29-13-6-4-11-27(29)28-12-5-7-14-30(28)31/h1-7,9-14,16-19,31-33,43H,8,15,20-23H2,(H,40,44)(H,41,45)(H,42,47)(H3,38,39,46). The number of hydrogen-bond donors (Lipinski definition) is 6. The highest BCUT2D eigenvalue weighted by molar-refractivity contribution is 5.98. The van der Waals surface area contributed by atoms with Gasteiger partial charge in [-0.1, -0.05) is 91.0 Å². The summed E-state index contributed by atoms with van der Waals surface area (Å²) < 4.78 is 5.73. The van der Waals surface area contributed by atoms with Gasteiger partial charge in [0, 0.05) is 24.6 Å². The number of carbonyl (C=O) groups is 4. The normalized spacial score (nSPS) is 12.9. The van der Waals surface area contributed by atoms with E-state index in [1.165, 1.54) is 0 Å². The van der Waals surface area contributed by atoms with Crippen molar-refractivity contribution in [1.29, 1.82) is 0 Å². The molecule has 2 atom stereocenters. The van der Waals surface area contributed by atoms with Crippen LogP contribution in [0.25, 0.3) is 11.1 Å². The number of fused-ring (bicyclic) bond motifs is 3. The predicted molar refractivity (Wildman–Crippen MR) is 182 cm³/mol. The van der Waals surface area contributed by atoms with E-state index in [1.54, 1.807) is 24.3 Å². The molecule has 5 rings (SSSR count). The van der Waals surface area contributed by atoms with Gasteiger partial charge in [-0.05, 0) is 58.4 Å². The Kier molecular flexibility index (Phi) is 11.4. The molecule has 0 fully saturated rings. The zero-order chi connectivity index (χ0) is 33.9. The van der Waals surface area contributed by atoms with Crippen molar-refractivity contribution in [3.63, 3.8) is 0 Å². The number of nitrogens with one attached hydrogen (secondary N) is 4. The van der Waals surface area contributed by atoms with Crippen molar-refractivity contribution < 1.29 is 29.0 Å². The van der Waals surface area contributed by atoms with Gasteiger partial charge in [0.1, 0.15) is 18.7 Å². The molecule has 11 heteroatoms. The van der Waals surface area contributed by atoms with Crippen LogP contribution in [0, 0.1) is 0 Å². The molecule has 11 nitrogen and oxygen atoms in total. The monoisotopic (exact) mass is 649 g/mol. The third-order valence-corrected chi connectivity index (χ3v) is 8.24. The average Bonchev–Trinajstić information content (AvgIpc) is 3.42. The third kappa shape index (κ3) is 8.77. The van der Waals surface area contributed by atoms with Gasteiger partial charge in [0.25, 0.3) is 0 Å². The molecule has 0 aromatic heterocycles. The third-order valence-electron chi connectivity index (χ3n) is 8.24. The van der Waals surface area contributed by atoms with E-state index in [1.807, 2.05) is 66.7 Å². The minimum Gasteiger partial charge on any atom is -0.449 e. The number of benzene rings is 4. The van der Waals surface area contributed by atoms with Crippen molar-refractivity contribution in [3.8, 4) is 11.1 Å². The van der Waals surface area contributed by atoms with E-state index in [0.29, 0.717) is 17.7 Å². The van der Waals surface area contributed by atoms with Gasteiger partial charge in [0.05, 0.1) is 6.61 Å². The van der Waals surface area contributed by atoms with E-state index in [2.05, 4.69) is 33.4 Å². The van der Waals surface area contributed by atoms with Crippen LogP contribution in [0.5, 0.6) is 0 Å². The van der Waals surface area contributed by atoms with Crippen molar-refractivity contribution >= 4 is 29.6 Å². The molecule has 0 radical (unpaired) electrons. The molecule has 0 spiro atoms. The Morgan fingerprint density at radius 2 is 1.35 bits per heavy atom. The first-order chi connectivity index (χ1) is 23.3. The van der Waals surface area contributed by atoms with E-state index in [0.717, 1.165) is 27.8 Å². The lowest BCUT2D eigenvalue weighted by Crippen LogP contribution is -2.53. The van der Waals surface area contributed by atoms with Crippen LogP contribution in [0.4, 0.5) is 15.3 Å². The first kappa shape index (κ1) is 33.7. The Balaban J connectivity index is 1.29. The maximum atomic E-state index is 13.8. The number of alkyl carbamates (subject to hydrolysis) is 1. The Bertz CT molecular complexity index is 1680. The van der Waals surface area contributed by atoms with Crippen molar-refractivity contribution in [3.05, 3.63) is 125 Å². The Morgan fingerprint density at radius 1 is 0.729 bits per heavy atom. The van der Waals surface area contributed by atoms with Crippen LogP contribution in [0.2, 0.25) is 0 Å². The Morgan fingerprint density at radius 3 is 1.98 bits per heavy atom. The van der Waals surface area contributed by atoms with Crippen LogP contribution in [0.3, 0.4) is 0 Å². The molecule has 248 valence electrons. The van der Waals surface area contributed by atoms with Gasteiger partial charge in [0.15, 0.2) is 0 Å². The summed E-state index contributed by atoms with van der Waals surface area (Å²) in [5.74, 6) is -1.22. The molecule has 0 bridgehead atoms. The molecule has 7 N–H and O–H groups in total. The van der Waals surface area contributed by atoms with Gasteiger partial charge in [-0.25, -0.2) is 9.59 Å². The second kappa shape index (κ2) is 16.2. The van der Waals surface area contributed by atoms with Crippen LogP contribution in [0.15, 0.2) is 103 Å². The minimum absolute atomic E-state index is 0.0759. The summed E-state index contributed by atoms with van der Waals surface area (Å²) in [5.41, 5.74) is 11.5. The molecule has 0 aliphatic heterocycles. The number of rotatable bonds is 14. The first-order valence-corrected chi connectivity index (χ1v) is 15.8. The zero-order valence-electron chi connectivity index (χ0n) is 26.4. The summed E-state index contributed by atoms with van der Waals surface area (Å²) in [5, 5.41) is 20.1. The quantitative estimate of drug-likeness (QED) is 0.112. The maximum absolute atomic E-state index is 13.8. The number of hydrogen-bond acceptors (Lipinski definition) is 6. The zero-order valence-corrected chi connectivity index (χ0v) is 26.4. The van der Waals surface area contributed by atoms with Gasteiger partial charge in [-0.2, -0.15) is 0 Å². The molecule has 5 amide bonds. The number of anilines is 1. The fourth-order valence-corrected chi connectivity index (χ4v) is 5.82. The second-order valence-electron chi connectivity index (χ2n) is 11.6. The van der Waals surface area contributed by atoms with Crippen molar-refractivity contribution in [2.24, 2.45) is 5.73 Å². The smallest absolute Gasteiger partial charge is 0.407 e. The van der Waals surface area contributed by atoms with Crippen molar-refractivity contribution in [1.82, 2.24) is 16.0 Å². The Hall–Kier alpha value is -5.68. The molecule has 0 heterocycles. The lowest BCUT2D eigenvalue weighted by atomic mass is 9.98. The van der Waals surface area contributed by atoms with Gasteiger partial charge >= 0.3 is 12.1 Å². The maximum Gasteiger partial charge on any atom is 0.407 e. The largest absolute Gasteiger partial charge is 0.449 e. The molecule has 2 unspecified atom stereocenters. The highest BCUT2D eigenvalue weighted by atomic mass is 16.5. The summed E-state index contributed by atoms with van der Waals surface area (Å²) in [4.78, 5) is 51.6. The van der Waals surface area contributed by atoms with Crippen molar-refractivity contribution in [2.45, 2.75) is 43.9 Å². The van der Waals surface area contributed by atoms with Gasteiger partial charge in [-0.3, -0.25) is 9.59 Å². The minimum atomic E-state index is -1.06. The highest BCUT2D eigenvalue weighted by Gasteiger charge is 2.31. The fourth-order valence-electron chi connectivity index (χ4n) is 5.82. The number of aliphatic hydroxyl groups excluding tert-OH is 1. The SMILES string of the molecule is NC(=O)NCCCC(NC(=O)C(Cc1ccccc1)NC(=O)OCC1c2ccccc2-c2ccccc21)C(=O)Nc1ccc(CO)cc1. The lowest BCUT2D eigenvalue weighted by molar-refractivity contribution is -0.128. The number of primary amides is 1. The fraction of sp³-hybridized carbons (Fsp3) is 0.243. The summed E-state index contributed by atoms with van der Waals surface area (Å²) in [6, 6.07) is 29.1. The molecular formula is C37H39N5O6. The van der Waals surface area contributed by atoms with Crippen LogP contribution in [-0.2, 0) is 27.4 Å². The van der Waals surface area contributed by atoms with Gasteiger partial charge < -0.3 is 36.8 Å². The van der Waals surface area contributed by atoms with Gasteiger partial charge in [0.2, 0.25) is 11.8 Å². The van der Waals surface area contributed by atoms with E-state index >= 15 is 0 Å². The van der Waals surface area contributed by atoms with Crippen LogP contribution in [0.1, 0.15) is 41.0 Å². The number of aliphatic hydroxyl groups is 1. The molecule has 4 aromatic rings. The van der Waals surface area contributed by atoms with E-state index < -0.39 is 36.0 Å². The van der Waals surface area contributed by atoms with E-state index in [4.69, 9.17) is 10.5 Å². The molecule has 0 saturated carbocycles. The summed E-state index contributed by atoms with van der Waals surface area (Å²) in [7, 11) is 0. The summed E-state index contributed by atoms with van der Waals surface area (Å²) >= 11 is 0. The second-order valence-corrected chi connectivity index (χ2v) is 11.6. The summed E-state index contributed by atoms with van der Waals surface area (Å²) in [6.07, 6.45) is -0.0934. The molecule has 1 aliphatic carbocycles. The molecule has 1 aliphatic rings. The molecule has 4 aromatic carbocycles. The Labute approximate surface area is 278 Å². The lowest BCUT2D eigenvalue weighted by Gasteiger charge is -2.24. The van der Waals surface area contributed by atoms with E-state index in [-0.39, 0.29) is 38.5 Å². The molecular weight excluding hydrogens is 610 g/mol. The number of ether oxygens (including phenoxy) is 1. The average molecular weight is 650 g/mol. The van der Waals surface area contributed by atoms with Crippen LogP contribution >= 0.6 is 0 Å². The molecule has 48 heavy (non-hydrogen) atoms. The molecule has 0 saturated heterocycles. The first-order valence-electron chi connectivity index (χ1n) is 15.8. The number of nitrogens with two attached hydrogens (primary N) is 1. The number of amides is 5. The van der Waals surface area contributed by atoms with Crippen LogP contribution in [-0.4, -0.2) is 54.3 Å². The number of urea groups is 1. The van der Waals surface area contributed by atoms with Gasteiger partial charge in [-0.15, -0.1) is 0 Å². The van der Waals surface area contributed by atoms with Crippen molar-refractivity contribution in [2.75, 3.05) is 18.5 Å². The highest BCUT2D eigenvalue weighted by Crippen LogP contribution is 2.44. The summed E-state index contributed by atoms with van der Waals surface area (Å²) in [6.45, 7) is 0.136. The van der Waals surface area contributed by atoms with E-state index in [9.17, 15) is 24.3 Å².